The van der Waals surface area contributed by atoms with E-state index in [0.717, 1.165) is 28.3 Å². The molecule has 0 radical (unpaired) electrons. The fourth-order valence-electron chi connectivity index (χ4n) is 2.61. The van der Waals surface area contributed by atoms with Crippen LogP contribution >= 0.6 is 8.46 Å². The third-order valence-electron chi connectivity index (χ3n) is 4.03. The van der Waals surface area contributed by atoms with Gasteiger partial charge in [-0.15, -0.1) is 0 Å². The van der Waals surface area contributed by atoms with Crippen molar-refractivity contribution in [1.29, 1.82) is 0 Å². The summed E-state index contributed by atoms with van der Waals surface area (Å²) in [5.41, 5.74) is 3.26. The van der Waals surface area contributed by atoms with Gasteiger partial charge in [0.15, 0.2) is 0 Å². The Hall–Kier alpha value is -1.88. The minimum absolute atomic E-state index is 0.0482. The van der Waals surface area contributed by atoms with Gasteiger partial charge in [0.05, 0.1) is 5.69 Å². The van der Waals surface area contributed by atoms with E-state index in [0.29, 0.717) is 18.8 Å². The van der Waals surface area contributed by atoms with Crippen LogP contribution < -0.4 is 5.44 Å². The number of fused-ring (bicyclic) bond motifs is 1. The van der Waals surface area contributed by atoms with Gasteiger partial charge >= 0.3 is 0 Å². The monoisotopic (exact) mass is 371 g/mol. The molecule has 0 unspecified atom stereocenters. The smallest absolute Gasteiger partial charge is 0.210 e. The first-order valence-corrected chi connectivity index (χ1v) is 12.8. The fourth-order valence-corrected chi connectivity index (χ4v) is 3.80. The van der Waals surface area contributed by atoms with E-state index in [4.69, 9.17) is 4.74 Å². The number of hydrogen-bond donors (Lipinski definition) is 0. The summed E-state index contributed by atoms with van der Waals surface area (Å²) in [4.78, 5) is 8.83. The lowest BCUT2D eigenvalue weighted by Gasteiger charge is -2.16. The Bertz CT molecular complexity index is 875. The van der Waals surface area contributed by atoms with Crippen molar-refractivity contribution < 1.29 is 9.30 Å². The Morgan fingerprint density at radius 1 is 1.16 bits per heavy atom. The zero-order valence-electron chi connectivity index (χ0n) is 14.8. The Morgan fingerprint density at radius 2 is 1.92 bits per heavy atom. The maximum atomic E-state index is 11.6. The predicted molar refractivity (Wildman–Crippen MR) is 104 cm³/mol. The van der Waals surface area contributed by atoms with Crippen molar-refractivity contribution in [2.24, 2.45) is 0 Å². The topological polar surface area (TPSA) is 57.0 Å². The number of aromatic nitrogens is 3. The lowest BCUT2D eigenvalue weighted by molar-refractivity contribution is 0.0918. The van der Waals surface area contributed by atoms with Crippen molar-refractivity contribution in [3.05, 3.63) is 42.7 Å². The molecule has 0 atom stereocenters. The van der Waals surface area contributed by atoms with Crippen LogP contribution in [0.2, 0.25) is 25.7 Å². The minimum atomic E-state index is -1.13. The highest BCUT2D eigenvalue weighted by molar-refractivity contribution is 7.33. The van der Waals surface area contributed by atoms with E-state index in [-0.39, 0.29) is 8.46 Å². The Kier molecular flexibility index (Phi) is 5.42. The molecule has 0 fully saturated rings. The molecular formula is C18H22N3O2PSi. The van der Waals surface area contributed by atoms with E-state index in [9.17, 15) is 4.57 Å². The number of hydrogen-bond acceptors (Lipinski definition) is 4. The van der Waals surface area contributed by atoms with Gasteiger partial charge in [0.25, 0.3) is 0 Å². The first-order valence-electron chi connectivity index (χ1n) is 8.30. The van der Waals surface area contributed by atoms with Crippen molar-refractivity contribution >= 4 is 33.0 Å². The second-order valence-corrected chi connectivity index (χ2v) is 13.5. The summed E-state index contributed by atoms with van der Waals surface area (Å²) < 4.78 is 19.3. The van der Waals surface area contributed by atoms with E-state index in [1.165, 1.54) is 0 Å². The van der Waals surface area contributed by atoms with Crippen LogP contribution in [0.5, 0.6) is 0 Å². The van der Waals surface area contributed by atoms with Crippen molar-refractivity contribution in [3.8, 4) is 11.3 Å². The van der Waals surface area contributed by atoms with Crippen LogP contribution in [0.4, 0.5) is 0 Å². The van der Waals surface area contributed by atoms with Gasteiger partial charge in [-0.2, -0.15) is 0 Å². The van der Waals surface area contributed by atoms with Crippen LogP contribution in [0.1, 0.15) is 0 Å². The van der Waals surface area contributed by atoms with Crippen LogP contribution in [0.25, 0.3) is 22.3 Å². The van der Waals surface area contributed by atoms with Crippen molar-refractivity contribution in [2.45, 2.75) is 32.4 Å². The van der Waals surface area contributed by atoms with Crippen LogP contribution in [0.3, 0.4) is 0 Å². The predicted octanol–water partition coefficient (Wildman–Crippen LogP) is 4.33. The van der Waals surface area contributed by atoms with Crippen LogP contribution in [0.15, 0.2) is 42.7 Å². The molecule has 0 N–H and O–H groups in total. The first kappa shape index (κ1) is 17.9. The molecule has 25 heavy (non-hydrogen) atoms. The SMILES string of the molecule is C[Si](C)(C)CCOCn1c(P=O)cc2c(-c3ccccc3)ncnc21. The first-order chi connectivity index (χ1) is 12.0. The maximum Gasteiger partial charge on any atom is 0.210 e. The summed E-state index contributed by atoms with van der Waals surface area (Å²) in [6.07, 6.45) is 1.55. The summed E-state index contributed by atoms with van der Waals surface area (Å²) in [6, 6.07) is 12.9. The standard InChI is InChI=1S/C18H22N3O2PSi/c1-25(2,3)10-9-23-13-21-16(24-22)11-15-17(19-12-20-18(15)21)14-7-5-4-6-8-14/h4-8,11-12H,9-10,13H2,1-3H3. The van der Waals surface area contributed by atoms with Crippen molar-refractivity contribution in [2.75, 3.05) is 6.61 Å². The Morgan fingerprint density at radius 3 is 2.60 bits per heavy atom. The molecule has 0 spiro atoms. The van der Waals surface area contributed by atoms with E-state index >= 15 is 0 Å². The highest BCUT2D eigenvalue weighted by Gasteiger charge is 2.16. The van der Waals surface area contributed by atoms with E-state index in [2.05, 4.69) is 29.6 Å². The number of nitrogens with zero attached hydrogens (tertiary/aromatic N) is 3. The molecule has 0 aliphatic rings. The average Bonchev–Trinajstić information content (AvgIpc) is 2.96. The van der Waals surface area contributed by atoms with Crippen LogP contribution in [-0.4, -0.2) is 29.2 Å². The van der Waals surface area contributed by atoms with Crippen molar-refractivity contribution in [3.63, 3.8) is 0 Å². The van der Waals surface area contributed by atoms with E-state index in [1.54, 1.807) is 6.33 Å². The third-order valence-corrected chi connectivity index (χ3v) is 6.29. The molecule has 2 aromatic heterocycles. The molecule has 2 heterocycles. The normalized spacial score (nSPS) is 12.1. The molecule has 7 heteroatoms. The van der Waals surface area contributed by atoms with E-state index < -0.39 is 8.07 Å². The molecule has 0 bridgehead atoms. The zero-order valence-corrected chi connectivity index (χ0v) is 16.7. The lowest BCUT2D eigenvalue weighted by Crippen LogP contribution is -2.22. The molecule has 3 rings (SSSR count). The molecule has 0 amide bonds. The maximum absolute atomic E-state index is 11.6. The number of ether oxygens (including phenoxy) is 1. The van der Waals surface area contributed by atoms with Gasteiger partial charge in [0.1, 0.15) is 24.1 Å². The summed E-state index contributed by atoms with van der Waals surface area (Å²) in [5.74, 6) is 0. The molecule has 0 saturated heterocycles. The van der Waals surface area contributed by atoms with Crippen LogP contribution in [0, 0.1) is 0 Å². The van der Waals surface area contributed by atoms with Gasteiger partial charge in [0.2, 0.25) is 8.46 Å². The van der Waals surface area contributed by atoms with E-state index in [1.807, 2.05) is 41.0 Å². The van der Waals surface area contributed by atoms with Gasteiger partial charge in [0, 0.05) is 25.6 Å². The molecule has 5 nitrogen and oxygen atoms in total. The lowest BCUT2D eigenvalue weighted by atomic mass is 10.1. The summed E-state index contributed by atoms with van der Waals surface area (Å²) in [6.45, 7) is 8.03. The Balaban J connectivity index is 1.92. The molecule has 0 saturated carbocycles. The molecule has 130 valence electrons. The van der Waals surface area contributed by atoms with Crippen LogP contribution in [-0.2, 0) is 16.0 Å². The summed E-state index contributed by atoms with van der Waals surface area (Å²) in [5, 5.41) is 0.890. The molecule has 3 aromatic rings. The minimum Gasteiger partial charge on any atom is -0.361 e. The van der Waals surface area contributed by atoms with Crippen molar-refractivity contribution in [1.82, 2.24) is 14.5 Å². The quantitative estimate of drug-likeness (QED) is 0.352. The van der Waals surface area contributed by atoms with Gasteiger partial charge in [-0.3, -0.25) is 9.13 Å². The average molecular weight is 371 g/mol. The molecule has 0 aliphatic carbocycles. The van der Waals surface area contributed by atoms with Gasteiger partial charge in [-0.25, -0.2) is 9.97 Å². The zero-order chi connectivity index (χ0) is 17.9. The fraction of sp³-hybridized carbons (Fsp3) is 0.333. The largest absolute Gasteiger partial charge is 0.361 e. The molecule has 0 aliphatic heterocycles. The highest BCUT2D eigenvalue weighted by atomic mass is 31.1. The van der Waals surface area contributed by atoms with Gasteiger partial charge < -0.3 is 4.74 Å². The summed E-state index contributed by atoms with van der Waals surface area (Å²) in [7, 11) is -1.18. The highest BCUT2D eigenvalue weighted by Crippen LogP contribution is 2.26. The second-order valence-electron chi connectivity index (χ2n) is 7.20. The Labute approximate surface area is 150 Å². The summed E-state index contributed by atoms with van der Waals surface area (Å²) >= 11 is 0. The second kappa shape index (κ2) is 7.56. The van der Waals surface area contributed by atoms with Gasteiger partial charge in [-0.05, 0) is 12.1 Å². The number of benzene rings is 1. The molecule has 1 aromatic carbocycles. The molecular weight excluding hydrogens is 349 g/mol. The third kappa shape index (κ3) is 4.21. The number of rotatable bonds is 7. The van der Waals surface area contributed by atoms with Gasteiger partial charge in [-0.1, -0.05) is 50.0 Å².